The molecule has 1 heterocycles. The monoisotopic (exact) mass is 266 g/mol. The molecule has 1 aliphatic heterocycles. The summed E-state index contributed by atoms with van der Waals surface area (Å²) in [5, 5.41) is 8.82. The fraction of sp³-hybridized carbons (Fsp3) is 0.500. The van der Waals surface area contributed by atoms with Crippen LogP contribution in [0.3, 0.4) is 0 Å². The van der Waals surface area contributed by atoms with Crippen molar-refractivity contribution in [3.8, 4) is 11.5 Å². The minimum atomic E-state index is -0.743. The summed E-state index contributed by atoms with van der Waals surface area (Å²) in [6, 6.07) is 3.02. The largest absolute Gasteiger partial charge is 0.486 e. The zero-order valence-electron chi connectivity index (χ0n) is 10.4. The Hall–Kier alpha value is -1.78. The van der Waals surface area contributed by atoms with Crippen molar-refractivity contribution in [2.75, 3.05) is 13.2 Å². The van der Waals surface area contributed by atoms with E-state index in [2.05, 4.69) is 0 Å². The molecule has 0 radical (unpaired) electrons. The zero-order chi connectivity index (χ0) is 13.4. The Morgan fingerprint density at radius 1 is 1.32 bits per heavy atom. The van der Waals surface area contributed by atoms with Gasteiger partial charge < -0.3 is 14.6 Å². The van der Waals surface area contributed by atoms with E-state index in [9.17, 15) is 9.18 Å². The summed E-state index contributed by atoms with van der Waals surface area (Å²) in [4.78, 5) is 10.7. The SMILES string of the molecule is O=C(O)C1CC1CCc1cc2c(cc1F)OCCO2. The maximum Gasteiger partial charge on any atom is 0.306 e. The van der Waals surface area contributed by atoms with Crippen LogP contribution in [0.4, 0.5) is 4.39 Å². The molecule has 1 saturated carbocycles. The van der Waals surface area contributed by atoms with Crippen LogP contribution in [-0.2, 0) is 11.2 Å². The van der Waals surface area contributed by atoms with E-state index in [4.69, 9.17) is 14.6 Å². The van der Waals surface area contributed by atoms with E-state index < -0.39 is 5.97 Å². The van der Waals surface area contributed by atoms with E-state index in [1.54, 1.807) is 6.07 Å². The van der Waals surface area contributed by atoms with Crippen molar-refractivity contribution in [3.05, 3.63) is 23.5 Å². The van der Waals surface area contributed by atoms with Crippen LogP contribution in [0.15, 0.2) is 12.1 Å². The van der Waals surface area contributed by atoms with Gasteiger partial charge in [-0.2, -0.15) is 0 Å². The van der Waals surface area contributed by atoms with Gasteiger partial charge in [-0.25, -0.2) is 4.39 Å². The van der Waals surface area contributed by atoms with Crippen LogP contribution in [0.25, 0.3) is 0 Å². The smallest absolute Gasteiger partial charge is 0.306 e. The van der Waals surface area contributed by atoms with Crippen LogP contribution in [-0.4, -0.2) is 24.3 Å². The number of rotatable bonds is 4. The van der Waals surface area contributed by atoms with Crippen LogP contribution < -0.4 is 9.47 Å². The number of aryl methyl sites for hydroxylation is 1. The third-order valence-electron chi connectivity index (χ3n) is 3.74. The molecule has 0 amide bonds. The molecule has 1 fully saturated rings. The third-order valence-corrected chi connectivity index (χ3v) is 3.74. The van der Waals surface area contributed by atoms with Gasteiger partial charge in [0, 0.05) is 6.07 Å². The van der Waals surface area contributed by atoms with Gasteiger partial charge in [-0.3, -0.25) is 4.79 Å². The van der Waals surface area contributed by atoms with Gasteiger partial charge in [0.1, 0.15) is 19.0 Å². The first kappa shape index (κ1) is 12.3. The van der Waals surface area contributed by atoms with Crippen LogP contribution in [0.2, 0.25) is 0 Å². The lowest BCUT2D eigenvalue weighted by Crippen LogP contribution is -2.16. The van der Waals surface area contributed by atoms with Gasteiger partial charge in [0.05, 0.1) is 5.92 Å². The van der Waals surface area contributed by atoms with E-state index >= 15 is 0 Å². The molecule has 102 valence electrons. The molecular weight excluding hydrogens is 251 g/mol. The second kappa shape index (κ2) is 4.72. The molecule has 1 aliphatic carbocycles. The predicted octanol–water partition coefficient (Wildman–Crippen LogP) is 2.25. The summed E-state index contributed by atoms with van der Waals surface area (Å²) in [6.45, 7) is 0.913. The first-order chi connectivity index (χ1) is 9.15. The Bertz CT molecular complexity index is 514. The van der Waals surface area contributed by atoms with Crippen molar-refractivity contribution < 1.29 is 23.8 Å². The van der Waals surface area contributed by atoms with E-state index in [1.165, 1.54) is 6.07 Å². The summed E-state index contributed by atoms with van der Waals surface area (Å²) in [5.74, 6) is -0.0784. The summed E-state index contributed by atoms with van der Waals surface area (Å²) in [7, 11) is 0. The number of carboxylic acids is 1. The minimum absolute atomic E-state index is 0.185. The number of halogens is 1. The minimum Gasteiger partial charge on any atom is -0.486 e. The highest BCUT2D eigenvalue weighted by atomic mass is 19.1. The average molecular weight is 266 g/mol. The number of carbonyl (C=O) groups is 1. The molecule has 1 N–H and O–H groups in total. The molecule has 0 saturated heterocycles. The number of ether oxygens (including phenoxy) is 2. The van der Waals surface area contributed by atoms with Crippen molar-refractivity contribution in [1.82, 2.24) is 0 Å². The van der Waals surface area contributed by atoms with Crippen LogP contribution in [0.5, 0.6) is 11.5 Å². The predicted molar refractivity (Wildman–Crippen MR) is 64.9 cm³/mol. The van der Waals surface area contributed by atoms with E-state index in [0.717, 1.165) is 0 Å². The zero-order valence-corrected chi connectivity index (χ0v) is 10.4. The van der Waals surface area contributed by atoms with Gasteiger partial charge in [0.2, 0.25) is 0 Å². The Kier molecular flexibility index (Phi) is 3.05. The summed E-state index contributed by atoms with van der Waals surface area (Å²) >= 11 is 0. The molecule has 0 aromatic heterocycles. The number of fused-ring (bicyclic) bond motifs is 1. The van der Waals surface area contributed by atoms with Gasteiger partial charge in [-0.05, 0) is 36.8 Å². The highest BCUT2D eigenvalue weighted by Gasteiger charge is 2.42. The number of benzene rings is 1. The number of carboxylic acid groups (broad SMARTS) is 1. The average Bonchev–Trinajstić information content (AvgIpc) is 3.16. The van der Waals surface area contributed by atoms with Crippen molar-refractivity contribution >= 4 is 5.97 Å². The molecule has 1 aromatic carbocycles. The lowest BCUT2D eigenvalue weighted by Gasteiger charge is -2.19. The maximum atomic E-state index is 13.9. The Labute approximate surface area is 110 Å². The van der Waals surface area contributed by atoms with Crippen LogP contribution in [0, 0.1) is 17.7 Å². The Morgan fingerprint density at radius 2 is 2.00 bits per heavy atom. The summed E-state index contributed by atoms with van der Waals surface area (Å²) in [5.41, 5.74) is 0.570. The molecule has 2 aliphatic rings. The van der Waals surface area contributed by atoms with Crippen LogP contribution in [0.1, 0.15) is 18.4 Å². The normalized spacial score (nSPS) is 24.1. The number of aliphatic carboxylic acids is 1. The fourth-order valence-corrected chi connectivity index (χ4v) is 2.51. The fourth-order valence-electron chi connectivity index (χ4n) is 2.51. The standard InChI is InChI=1S/C14H15FO4/c15-11-7-13-12(18-3-4-19-13)6-9(11)2-1-8-5-10(8)14(16)17/h6-8,10H,1-5H2,(H,16,17). The number of hydrogen-bond donors (Lipinski definition) is 1. The molecule has 5 heteroatoms. The van der Waals surface area contributed by atoms with Crippen molar-refractivity contribution in [2.45, 2.75) is 19.3 Å². The molecule has 0 bridgehead atoms. The first-order valence-corrected chi connectivity index (χ1v) is 6.46. The highest BCUT2D eigenvalue weighted by Crippen LogP contribution is 2.42. The van der Waals surface area contributed by atoms with E-state index in [0.29, 0.717) is 49.5 Å². The van der Waals surface area contributed by atoms with Crippen molar-refractivity contribution in [3.63, 3.8) is 0 Å². The maximum absolute atomic E-state index is 13.9. The quantitative estimate of drug-likeness (QED) is 0.908. The molecule has 0 spiro atoms. The van der Waals surface area contributed by atoms with Crippen molar-refractivity contribution in [1.29, 1.82) is 0 Å². The van der Waals surface area contributed by atoms with Crippen LogP contribution >= 0.6 is 0 Å². The second-order valence-electron chi connectivity index (χ2n) is 5.07. The molecule has 2 atom stereocenters. The lowest BCUT2D eigenvalue weighted by molar-refractivity contribution is -0.138. The van der Waals surface area contributed by atoms with Gasteiger partial charge in [0.15, 0.2) is 11.5 Å². The molecule has 1 aromatic rings. The van der Waals surface area contributed by atoms with Gasteiger partial charge in [-0.15, -0.1) is 0 Å². The number of hydrogen-bond acceptors (Lipinski definition) is 3. The first-order valence-electron chi connectivity index (χ1n) is 6.46. The summed E-state index contributed by atoms with van der Waals surface area (Å²) in [6.07, 6.45) is 1.95. The molecule has 3 rings (SSSR count). The Morgan fingerprint density at radius 3 is 2.63 bits per heavy atom. The molecule has 2 unspecified atom stereocenters. The second-order valence-corrected chi connectivity index (χ2v) is 5.07. The van der Waals surface area contributed by atoms with Gasteiger partial charge in [-0.1, -0.05) is 0 Å². The topological polar surface area (TPSA) is 55.8 Å². The van der Waals surface area contributed by atoms with E-state index in [-0.39, 0.29) is 17.7 Å². The molecular formula is C14H15FO4. The van der Waals surface area contributed by atoms with Gasteiger partial charge >= 0.3 is 5.97 Å². The molecule has 4 nitrogen and oxygen atoms in total. The third kappa shape index (κ3) is 2.50. The van der Waals surface area contributed by atoms with Gasteiger partial charge in [0.25, 0.3) is 0 Å². The van der Waals surface area contributed by atoms with E-state index in [1.807, 2.05) is 0 Å². The highest BCUT2D eigenvalue weighted by molar-refractivity contribution is 5.73. The Balaban J connectivity index is 1.66. The summed E-state index contributed by atoms with van der Waals surface area (Å²) < 4.78 is 24.6. The molecule has 19 heavy (non-hydrogen) atoms. The lowest BCUT2D eigenvalue weighted by atomic mass is 10.0. The van der Waals surface area contributed by atoms with Crippen molar-refractivity contribution in [2.24, 2.45) is 11.8 Å².